The molecule has 1 aromatic heterocycles. The third kappa shape index (κ3) is 3.51. The van der Waals surface area contributed by atoms with Crippen molar-refractivity contribution in [2.75, 3.05) is 6.54 Å². The second-order valence-corrected chi connectivity index (χ2v) is 4.27. The average Bonchev–Trinajstić information content (AvgIpc) is 2.66. The summed E-state index contributed by atoms with van der Waals surface area (Å²) in [6.45, 7) is 5.02. The summed E-state index contributed by atoms with van der Waals surface area (Å²) in [4.78, 5) is 1.36. The predicted octanol–water partition coefficient (Wildman–Crippen LogP) is 3.54. The number of halogens is 1. The van der Waals surface area contributed by atoms with Gasteiger partial charge >= 0.3 is 0 Å². The minimum absolute atomic E-state index is 0.409. The van der Waals surface area contributed by atoms with Crippen LogP contribution in [0.4, 0.5) is 0 Å². The normalized spacial score (nSPS) is 14.5. The summed E-state index contributed by atoms with van der Waals surface area (Å²) in [7, 11) is 0. The van der Waals surface area contributed by atoms with Gasteiger partial charge in [-0.25, -0.2) is 0 Å². The van der Waals surface area contributed by atoms with Crippen molar-refractivity contribution in [1.82, 2.24) is 5.32 Å². The van der Waals surface area contributed by atoms with Gasteiger partial charge in [0.05, 0.1) is 0 Å². The summed E-state index contributed by atoms with van der Waals surface area (Å²) < 4.78 is 0. The van der Waals surface area contributed by atoms with E-state index in [0.717, 1.165) is 12.1 Å². The molecule has 3 heteroatoms. The lowest BCUT2D eigenvalue weighted by Gasteiger charge is -2.11. The summed E-state index contributed by atoms with van der Waals surface area (Å²) in [6.07, 6.45) is 0. The fourth-order valence-electron chi connectivity index (χ4n) is 0.991. The molecule has 1 aromatic rings. The van der Waals surface area contributed by atoms with Crippen LogP contribution in [0.3, 0.4) is 0 Å². The van der Waals surface area contributed by atoms with Gasteiger partial charge in [-0.2, -0.15) is 0 Å². The number of nitrogens with one attached hydrogen (secondary N) is 1. The van der Waals surface area contributed by atoms with Crippen LogP contribution in [0, 0.1) is 0 Å². The van der Waals surface area contributed by atoms with Gasteiger partial charge in [0.25, 0.3) is 0 Å². The topological polar surface area (TPSA) is 12.0 Å². The Balaban J connectivity index is 2.38. The van der Waals surface area contributed by atoms with Crippen LogP contribution in [-0.2, 0) is 0 Å². The molecule has 0 aromatic carbocycles. The molecule has 1 atom stereocenters. The monoisotopic (exact) mass is 215 g/mol. The molecular formula is C10H14ClNS. The van der Waals surface area contributed by atoms with Crippen molar-refractivity contribution in [3.63, 3.8) is 0 Å². The van der Waals surface area contributed by atoms with E-state index in [-0.39, 0.29) is 0 Å². The first kappa shape index (κ1) is 10.8. The maximum Gasteiger partial charge on any atom is 0.0388 e. The summed E-state index contributed by atoms with van der Waals surface area (Å²) in [5.41, 5.74) is 2.78. The number of rotatable bonds is 4. The van der Waals surface area contributed by atoms with E-state index in [9.17, 15) is 0 Å². The molecule has 0 aliphatic carbocycles. The van der Waals surface area contributed by atoms with Crippen LogP contribution in [-0.4, -0.2) is 6.54 Å². The van der Waals surface area contributed by atoms with Gasteiger partial charge in [0.2, 0.25) is 0 Å². The molecule has 1 nitrogen and oxygen atoms in total. The highest BCUT2D eigenvalue weighted by molar-refractivity contribution is 7.10. The first-order valence-corrected chi connectivity index (χ1v) is 5.58. The number of hydrogen-bond donors (Lipinski definition) is 1. The molecule has 1 N–H and O–H groups in total. The molecule has 13 heavy (non-hydrogen) atoms. The smallest absolute Gasteiger partial charge is 0.0388 e. The zero-order valence-electron chi connectivity index (χ0n) is 7.88. The molecular weight excluding hydrogens is 202 g/mol. The fraction of sp³-hybridized carbons (Fsp3) is 0.400. The van der Waals surface area contributed by atoms with Crippen molar-refractivity contribution in [2.45, 2.75) is 19.9 Å². The van der Waals surface area contributed by atoms with Gasteiger partial charge in [-0.15, -0.1) is 11.3 Å². The highest BCUT2D eigenvalue weighted by atomic mass is 35.5. The van der Waals surface area contributed by atoms with Gasteiger partial charge in [0, 0.05) is 23.0 Å². The number of thiophene rings is 1. The van der Waals surface area contributed by atoms with Crippen molar-refractivity contribution in [1.29, 1.82) is 0 Å². The summed E-state index contributed by atoms with van der Waals surface area (Å²) in [6, 6.07) is 4.62. The molecule has 1 heterocycles. The Morgan fingerprint density at radius 2 is 2.54 bits per heavy atom. The lowest BCUT2D eigenvalue weighted by atomic mass is 10.2. The van der Waals surface area contributed by atoms with E-state index in [2.05, 4.69) is 29.8 Å². The van der Waals surface area contributed by atoms with Crippen LogP contribution >= 0.6 is 22.9 Å². The van der Waals surface area contributed by atoms with Crippen LogP contribution in [0.15, 0.2) is 28.6 Å². The standard InChI is InChI=1S/C10H14ClNS/c1-8(6-11)7-12-9(2)10-4-3-5-13-10/h3-6,9,12H,7H2,1-2H3/b8-6+/t9-/m0/s1. The maximum absolute atomic E-state index is 5.56. The van der Waals surface area contributed by atoms with Gasteiger partial charge in [-0.05, 0) is 30.9 Å². The molecule has 0 aliphatic rings. The largest absolute Gasteiger partial charge is 0.306 e. The van der Waals surface area contributed by atoms with Crippen LogP contribution in [0.25, 0.3) is 0 Å². The Morgan fingerprint density at radius 3 is 3.08 bits per heavy atom. The van der Waals surface area contributed by atoms with E-state index in [0.29, 0.717) is 6.04 Å². The third-order valence-corrected chi connectivity index (χ3v) is 3.27. The molecule has 0 aliphatic heterocycles. The Hall–Kier alpha value is -0.310. The van der Waals surface area contributed by atoms with Crippen molar-refractivity contribution in [3.05, 3.63) is 33.5 Å². The molecule has 0 unspecified atom stereocenters. The van der Waals surface area contributed by atoms with Gasteiger partial charge in [-0.3, -0.25) is 0 Å². The molecule has 1 rings (SSSR count). The van der Waals surface area contributed by atoms with E-state index in [4.69, 9.17) is 11.6 Å². The fourth-order valence-corrected chi connectivity index (χ4v) is 1.83. The van der Waals surface area contributed by atoms with Crippen molar-refractivity contribution >= 4 is 22.9 Å². The lowest BCUT2D eigenvalue weighted by molar-refractivity contribution is 0.616. The lowest BCUT2D eigenvalue weighted by Crippen LogP contribution is -2.19. The van der Waals surface area contributed by atoms with Crippen LogP contribution < -0.4 is 5.32 Å². The number of hydrogen-bond acceptors (Lipinski definition) is 2. The maximum atomic E-state index is 5.56. The van der Waals surface area contributed by atoms with Crippen LogP contribution in [0.2, 0.25) is 0 Å². The quantitative estimate of drug-likeness (QED) is 0.810. The summed E-state index contributed by atoms with van der Waals surface area (Å²) in [5.74, 6) is 0. The van der Waals surface area contributed by atoms with E-state index >= 15 is 0 Å². The van der Waals surface area contributed by atoms with Crippen LogP contribution in [0.5, 0.6) is 0 Å². The predicted molar refractivity (Wildman–Crippen MR) is 60.3 cm³/mol. The van der Waals surface area contributed by atoms with Crippen molar-refractivity contribution in [2.24, 2.45) is 0 Å². The molecule has 0 saturated heterocycles. The minimum Gasteiger partial charge on any atom is -0.306 e. The summed E-state index contributed by atoms with van der Waals surface area (Å²) >= 11 is 7.34. The van der Waals surface area contributed by atoms with Gasteiger partial charge in [-0.1, -0.05) is 17.7 Å². The minimum atomic E-state index is 0.409. The first-order chi connectivity index (χ1) is 6.24. The Bertz CT molecular complexity index is 266. The summed E-state index contributed by atoms with van der Waals surface area (Å²) in [5, 5.41) is 5.49. The van der Waals surface area contributed by atoms with Crippen molar-refractivity contribution < 1.29 is 0 Å². The van der Waals surface area contributed by atoms with E-state index in [1.807, 2.05) is 6.92 Å². The third-order valence-electron chi connectivity index (χ3n) is 1.84. The second-order valence-electron chi connectivity index (χ2n) is 3.07. The van der Waals surface area contributed by atoms with E-state index in [1.165, 1.54) is 4.88 Å². The Labute approximate surface area is 88.4 Å². The van der Waals surface area contributed by atoms with Crippen LogP contribution in [0.1, 0.15) is 24.8 Å². The molecule has 0 spiro atoms. The Morgan fingerprint density at radius 1 is 1.77 bits per heavy atom. The van der Waals surface area contributed by atoms with Crippen molar-refractivity contribution in [3.8, 4) is 0 Å². The second kappa shape index (κ2) is 5.43. The van der Waals surface area contributed by atoms with E-state index in [1.54, 1.807) is 16.9 Å². The van der Waals surface area contributed by atoms with Gasteiger partial charge < -0.3 is 5.32 Å². The first-order valence-electron chi connectivity index (χ1n) is 4.26. The highest BCUT2D eigenvalue weighted by Gasteiger charge is 2.04. The highest BCUT2D eigenvalue weighted by Crippen LogP contribution is 2.17. The zero-order chi connectivity index (χ0) is 9.68. The molecule has 0 bridgehead atoms. The molecule has 0 fully saturated rings. The van der Waals surface area contributed by atoms with Gasteiger partial charge in [0.15, 0.2) is 0 Å². The molecule has 0 amide bonds. The SMILES string of the molecule is C/C(=C\Cl)CN[C@@H](C)c1cccs1. The molecule has 0 radical (unpaired) electrons. The zero-order valence-corrected chi connectivity index (χ0v) is 9.45. The molecule has 0 saturated carbocycles. The molecule has 72 valence electrons. The van der Waals surface area contributed by atoms with E-state index < -0.39 is 0 Å². The average molecular weight is 216 g/mol. The van der Waals surface area contributed by atoms with Gasteiger partial charge in [0.1, 0.15) is 0 Å². The Kier molecular flexibility index (Phi) is 4.50.